The van der Waals surface area contributed by atoms with E-state index in [4.69, 9.17) is 4.74 Å². The first-order valence-electron chi connectivity index (χ1n) is 10.9. The van der Waals surface area contributed by atoms with Crippen molar-refractivity contribution in [2.24, 2.45) is 0 Å². The van der Waals surface area contributed by atoms with Crippen molar-refractivity contribution in [1.82, 2.24) is 14.7 Å². The van der Waals surface area contributed by atoms with Crippen LogP contribution in [0, 0.1) is 6.92 Å². The molecule has 0 N–H and O–H groups in total. The molecule has 2 aliphatic rings. The third kappa shape index (κ3) is 5.00. The third-order valence-corrected chi connectivity index (χ3v) is 7.24. The summed E-state index contributed by atoms with van der Waals surface area (Å²) < 4.78 is 6.48. The molecule has 7 heteroatoms. The molecular formula is C24H31N3O3S. The molecule has 1 aromatic heterocycles. The average Bonchev–Trinajstić information content (AvgIpc) is 3.19. The first kappa shape index (κ1) is 22.0. The highest BCUT2D eigenvalue weighted by molar-refractivity contribution is 7.13. The van der Waals surface area contributed by atoms with Crippen molar-refractivity contribution in [3.05, 3.63) is 57.8 Å². The Hall–Kier alpha value is -2.22. The van der Waals surface area contributed by atoms with E-state index in [1.807, 2.05) is 68.4 Å². The summed E-state index contributed by atoms with van der Waals surface area (Å²) in [5.74, 6) is 0.120. The summed E-state index contributed by atoms with van der Waals surface area (Å²) in [6.45, 7) is 5.29. The maximum atomic E-state index is 13.1. The van der Waals surface area contributed by atoms with Crippen LogP contribution in [-0.2, 0) is 16.1 Å². The van der Waals surface area contributed by atoms with Gasteiger partial charge in [0, 0.05) is 44.6 Å². The Kier molecular flexibility index (Phi) is 6.46. The van der Waals surface area contributed by atoms with Crippen LogP contribution < -0.4 is 0 Å². The van der Waals surface area contributed by atoms with Crippen LogP contribution in [-0.4, -0.2) is 78.5 Å². The van der Waals surface area contributed by atoms with Gasteiger partial charge in [0.2, 0.25) is 0 Å². The number of carbonyl (C=O) groups excluding carboxylic acids is 2. The van der Waals surface area contributed by atoms with E-state index in [1.165, 1.54) is 0 Å². The summed E-state index contributed by atoms with van der Waals surface area (Å²) in [5, 5.41) is 0. The molecule has 0 saturated carbocycles. The molecule has 4 rings (SSSR count). The number of piperidine rings is 1. The molecule has 2 fully saturated rings. The van der Waals surface area contributed by atoms with Gasteiger partial charge >= 0.3 is 0 Å². The molecule has 6 nitrogen and oxygen atoms in total. The summed E-state index contributed by atoms with van der Waals surface area (Å²) in [7, 11) is 3.89. The van der Waals surface area contributed by atoms with Gasteiger partial charge in [-0.05, 0) is 44.5 Å². The molecule has 1 atom stereocenters. The zero-order valence-electron chi connectivity index (χ0n) is 18.5. The summed E-state index contributed by atoms with van der Waals surface area (Å²) in [6, 6.07) is 13.9. The third-order valence-electron chi connectivity index (χ3n) is 6.26. The lowest BCUT2D eigenvalue weighted by atomic mass is 9.88. The number of ether oxygens (including phenoxy) is 1. The monoisotopic (exact) mass is 441 g/mol. The molecule has 3 heterocycles. The van der Waals surface area contributed by atoms with Gasteiger partial charge in [-0.25, -0.2) is 0 Å². The molecule has 0 radical (unpaired) electrons. The van der Waals surface area contributed by atoms with E-state index in [9.17, 15) is 9.59 Å². The minimum absolute atomic E-state index is 0.0161. The number of aryl methyl sites for hydroxylation is 1. The molecule has 0 bridgehead atoms. The Morgan fingerprint density at radius 2 is 1.87 bits per heavy atom. The van der Waals surface area contributed by atoms with Gasteiger partial charge in [-0.1, -0.05) is 30.3 Å². The zero-order valence-corrected chi connectivity index (χ0v) is 19.4. The number of hydrogen-bond acceptors (Lipinski definition) is 5. The highest BCUT2D eigenvalue weighted by Crippen LogP contribution is 2.33. The van der Waals surface area contributed by atoms with Gasteiger partial charge in [-0.15, -0.1) is 11.3 Å². The van der Waals surface area contributed by atoms with Crippen molar-refractivity contribution in [1.29, 1.82) is 0 Å². The van der Waals surface area contributed by atoms with Gasteiger partial charge in [0.25, 0.3) is 11.8 Å². The average molecular weight is 442 g/mol. The summed E-state index contributed by atoms with van der Waals surface area (Å²) >= 11 is 1.54. The molecule has 31 heavy (non-hydrogen) atoms. The molecule has 2 aromatic rings. The maximum Gasteiger partial charge on any atom is 0.263 e. The second kappa shape index (κ2) is 9.10. The number of rotatable bonds is 4. The number of carbonyl (C=O) groups is 2. The van der Waals surface area contributed by atoms with Crippen molar-refractivity contribution in [2.45, 2.75) is 38.0 Å². The number of morpholine rings is 1. The standard InChI is InChI=1S/C24H31N3O3S/c1-18-9-10-21(31-18)23(29)27-13-11-24(12-14-27)17-25(2)16-20(30-24)22(28)26(3)15-19-7-5-4-6-8-19/h4-10,20H,11-17H2,1-3H3. The van der Waals surface area contributed by atoms with E-state index >= 15 is 0 Å². The zero-order chi connectivity index (χ0) is 22.0. The van der Waals surface area contributed by atoms with E-state index in [2.05, 4.69) is 4.90 Å². The number of likely N-dealkylation sites (tertiary alicyclic amines) is 1. The normalized spacial score (nSPS) is 21.3. The predicted octanol–water partition coefficient (Wildman–Crippen LogP) is 3.02. The Morgan fingerprint density at radius 3 is 2.52 bits per heavy atom. The van der Waals surface area contributed by atoms with Crippen LogP contribution >= 0.6 is 11.3 Å². The van der Waals surface area contributed by atoms with Gasteiger partial charge in [-0.2, -0.15) is 0 Å². The quantitative estimate of drug-likeness (QED) is 0.732. The van der Waals surface area contributed by atoms with Crippen LogP contribution in [0.25, 0.3) is 0 Å². The SMILES string of the molecule is Cc1ccc(C(=O)N2CCC3(CC2)CN(C)CC(C(=O)N(C)Cc2ccccc2)O3)s1. The first-order chi connectivity index (χ1) is 14.8. The minimum Gasteiger partial charge on any atom is -0.359 e. The first-order valence-corrected chi connectivity index (χ1v) is 11.7. The molecule has 0 aliphatic carbocycles. The lowest BCUT2D eigenvalue weighted by Gasteiger charge is -2.49. The van der Waals surface area contributed by atoms with Crippen LogP contribution in [0.4, 0.5) is 0 Å². The van der Waals surface area contributed by atoms with Gasteiger partial charge in [0.05, 0.1) is 10.5 Å². The van der Waals surface area contributed by atoms with E-state index in [1.54, 1.807) is 16.2 Å². The number of amides is 2. The smallest absolute Gasteiger partial charge is 0.263 e. The summed E-state index contributed by atoms with van der Waals surface area (Å²) in [5.41, 5.74) is 0.733. The minimum atomic E-state index is -0.477. The second-order valence-corrected chi connectivity index (χ2v) is 10.2. The van der Waals surface area contributed by atoms with Crippen molar-refractivity contribution >= 4 is 23.2 Å². The largest absolute Gasteiger partial charge is 0.359 e. The molecule has 166 valence electrons. The van der Waals surface area contributed by atoms with Gasteiger partial charge in [0.1, 0.15) is 6.10 Å². The number of hydrogen-bond donors (Lipinski definition) is 0. The highest BCUT2D eigenvalue weighted by Gasteiger charge is 2.45. The number of nitrogens with zero attached hydrogens (tertiary/aromatic N) is 3. The molecular weight excluding hydrogens is 410 g/mol. The molecule has 1 spiro atoms. The van der Waals surface area contributed by atoms with Crippen LogP contribution in [0.15, 0.2) is 42.5 Å². The Labute approximate surface area is 188 Å². The Balaban J connectivity index is 1.38. The molecule has 2 aliphatic heterocycles. The fraction of sp³-hybridized carbons (Fsp3) is 0.500. The number of benzene rings is 1. The van der Waals surface area contributed by atoms with Crippen molar-refractivity contribution in [3.63, 3.8) is 0 Å². The lowest BCUT2D eigenvalue weighted by Crippen LogP contribution is -2.61. The molecule has 1 unspecified atom stereocenters. The van der Waals surface area contributed by atoms with Gasteiger partial charge < -0.3 is 19.4 Å². The van der Waals surface area contributed by atoms with Crippen LogP contribution in [0.1, 0.15) is 33.0 Å². The topological polar surface area (TPSA) is 53.1 Å². The fourth-order valence-corrected chi connectivity index (χ4v) is 5.46. The summed E-state index contributed by atoms with van der Waals surface area (Å²) in [6.07, 6.45) is 1.02. The molecule has 1 aromatic carbocycles. The maximum absolute atomic E-state index is 13.1. The van der Waals surface area contributed by atoms with Gasteiger partial charge in [-0.3, -0.25) is 9.59 Å². The van der Waals surface area contributed by atoms with E-state index in [0.29, 0.717) is 26.2 Å². The number of likely N-dealkylation sites (N-methyl/N-ethyl adjacent to an activating group) is 2. The fourth-order valence-electron chi connectivity index (χ4n) is 4.62. The lowest BCUT2D eigenvalue weighted by molar-refractivity contribution is -0.186. The van der Waals surface area contributed by atoms with Crippen LogP contribution in [0.3, 0.4) is 0 Å². The van der Waals surface area contributed by atoms with Crippen molar-refractivity contribution in [3.8, 4) is 0 Å². The van der Waals surface area contributed by atoms with Crippen LogP contribution in [0.5, 0.6) is 0 Å². The molecule has 2 amide bonds. The van der Waals surface area contributed by atoms with Gasteiger partial charge in [0.15, 0.2) is 0 Å². The summed E-state index contributed by atoms with van der Waals surface area (Å²) in [4.78, 5) is 33.8. The van der Waals surface area contributed by atoms with Crippen molar-refractivity contribution in [2.75, 3.05) is 40.3 Å². The number of thiophene rings is 1. The Morgan fingerprint density at radius 1 is 1.16 bits per heavy atom. The Bertz CT molecular complexity index is 921. The van der Waals surface area contributed by atoms with E-state index in [-0.39, 0.29) is 17.4 Å². The van der Waals surface area contributed by atoms with E-state index in [0.717, 1.165) is 34.7 Å². The second-order valence-electron chi connectivity index (χ2n) is 8.87. The highest BCUT2D eigenvalue weighted by atomic mass is 32.1. The predicted molar refractivity (Wildman–Crippen MR) is 122 cm³/mol. The van der Waals surface area contributed by atoms with Crippen molar-refractivity contribution < 1.29 is 14.3 Å². The van der Waals surface area contributed by atoms with Crippen LogP contribution in [0.2, 0.25) is 0 Å². The molecule has 2 saturated heterocycles. The van der Waals surface area contributed by atoms with E-state index < -0.39 is 6.10 Å².